The molecule has 0 aliphatic rings. The van der Waals surface area contributed by atoms with E-state index in [9.17, 15) is 4.79 Å². The van der Waals surface area contributed by atoms with Gasteiger partial charge in [-0.1, -0.05) is 27.2 Å². The zero-order valence-corrected chi connectivity index (χ0v) is 13.3. The fourth-order valence-corrected chi connectivity index (χ4v) is 3.05. The summed E-state index contributed by atoms with van der Waals surface area (Å²) in [6, 6.07) is 0.821. The molecule has 0 spiro atoms. The maximum Gasteiger partial charge on any atom is 0.385 e. The molecule has 0 fully saturated rings. The van der Waals surface area contributed by atoms with E-state index in [2.05, 4.69) is 6.92 Å². The van der Waals surface area contributed by atoms with Crippen LogP contribution in [-0.4, -0.2) is 48.8 Å². The van der Waals surface area contributed by atoms with Gasteiger partial charge in [0.05, 0.1) is 13.2 Å². The summed E-state index contributed by atoms with van der Waals surface area (Å²) in [5.41, 5.74) is 0. The lowest BCUT2D eigenvalue weighted by atomic mass is 10.2. The lowest BCUT2D eigenvalue weighted by Crippen LogP contribution is -2.33. The van der Waals surface area contributed by atoms with E-state index in [0.29, 0.717) is 13.2 Å². The Hall–Kier alpha value is -0.433. The highest BCUT2D eigenvalue weighted by atomic mass is 28.3. The lowest BCUT2D eigenvalue weighted by molar-refractivity contribution is -0.139. The molecule has 2 unspecified atom stereocenters. The quantitative estimate of drug-likeness (QED) is 0.567. The van der Waals surface area contributed by atoms with Crippen LogP contribution in [0.2, 0.25) is 6.04 Å². The number of methoxy groups -OCH3 is 2. The van der Waals surface area contributed by atoms with Gasteiger partial charge in [-0.15, -0.1) is 0 Å². The molecule has 0 rings (SSSR count). The van der Waals surface area contributed by atoms with Gasteiger partial charge in [0.1, 0.15) is 6.10 Å². The number of hydrogen-bond donors (Lipinski definition) is 0. The van der Waals surface area contributed by atoms with E-state index >= 15 is 0 Å². The van der Waals surface area contributed by atoms with Crippen LogP contribution in [0.5, 0.6) is 0 Å². The minimum atomic E-state index is -1.93. The normalized spacial score (nSPS) is 14.6. The molecule has 2 atom stereocenters. The van der Waals surface area contributed by atoms with Crippen LogP contribution in [0.3, 0.4) is 0 Å². The number of carbonyl (C=O) groups is 1. The highest BCUT2D eigenvalue weighted by Gasteiger charge is 2.21. The van der Waals surface area contributed by atoms with Crippen molar-refractivity contribution >= 4 is 15.3 Å². The first-order chi connectivity index (χ1) is 8.54. The first-order valence-corrected chi connectivity index (χ1v) is 8.14. The van der Waals surface area contributed by atoms with Gasteiger partial charge in [0.15, 0.2) is 0 Å². The van der Waals surface area contributed by atoms with Crippen LogP contribution in [0.25, 0.3) is 0 Å². The Kier molecular flexibility index (Phi) is 10.2. The third-order valence-corrected chi connectivity index (χ3v) is 4.51. The molecular formula is C12H26O5Si. The zero-order valence-electron chi connectivity index (χ0n) is 12.1. The molecule has 6 heteroatoms. The second-order valence-corrected chi connectivity index (χ2v) is 6.46. The topological polar surface area (TPSA) is 54.0 Å². The highest BCUT2D eigenvalue weighted by molar-refractivity contribution is 6.46. The van der Waals surface area contributed by atoms with Gasteiger partial charge in [-0.2, -0.15) is 0 Å². The van der Waals surface area contributed by atoms with Crippen LogP contribution < -0.4 is 0 Å². The predicted molar refractivity (Wildman–Crippen MR) is 71.8 cm³/mol. The standard InChI is InChI=1S/C12H26O5Si/c1-6-7-18(17-12(13)10(2)3)16-9-11(15-5)8-14-4/h10-11,18H,6-9H2,1-5H3. The average Bonchev–Trinajstić information content (AvgIpc) is 2.34. The molecule has 5 nitrogen and oxygen atoms in total. The Balaban J connectivity index is 4.13. The van der Waals surface area contributed by atoms with Gasteiger partial charge in [0.2, 0.25) is 0 Å². The molecule has 0 saturated heterocycles. The average molecular weight is 278 g/mol. The highest BCUT2D eigenvalue weighted by Crippen LogP contribution is 2.07. The number of ether oxygens (including phenoxy) is 2. The molecule has 0 aromatic rings. The zero-order chi connectivity index (χ0) is 14.0. The number of hydrogen-bond acceptors (Lipinski definition) is 5. The maximum absolute atomic E-state index is 11.5. The van der Waals surface area contributed by atoms with Crippen molar-refractivity contribution in [3.8, 4) is 0 Å². The molecule has 0 aromatic carbocycles. The molecule has 108 valence electrons. The van der Waals surface area contributed by atoms with Gasteiger partial charge >= 0.3 is 9.28 Å². The summed E-state index contributed by atoms with van der Waals surface area (Å²) in [6.45, 7) is 6.58. The van der Waals surface area contributed by atoms with Crippen molar-refractivity contribution in [1.29, 1.82) is 0 Å². The lowest BCUT2D eigenvalue weighted by Gasteiger charge is -2.20. The summed E-state index contributed by atoms with van der Waals surface area (Å²) in [6.07, 6.45) is 0.837. The Morgan fingerprint density at radius 1 is 1.22 bits per heavy atom. The minimum absolute atomic E-state index is 0.111. The molecule has 18 heavy (non-hydrogen) atoms. The summed E-state index contributed by atoms with van der Waals surface area (Å²) in [7, 11) is 1.30. The molecule has 0 aliphatic carbocycles. The van der Waals surface area contributed by atoms with Crippen molar-refractivity contribution in [1.82, 2.24) is 0 Å². The molecule has 0 N–H and O–H groups in total. The molecule has 0 heterocycles. The van der Waals surface area contributed by atoms with Crippen LogP contribution in [-0.2, 0) is 23.1 Å². The van der Waals surface area contributed by atoms with Crippen molar-refractivity contribution in [3.63, 3.8) is 0 Å². The molecular weight excluding hydrogens is 252 g/mol. The third kappa shape index (κ3) is 7.81. The van der Waals surface area contributed by atoms with Crippen molar-refractivity contribution in [2.24, 2.45) is 5.92 Å². The fraction of sp³-hybridized carbons (Fsp3) is 0.917. The Bertz CT molecular complexity index is 223. The van der Waals surface area contributed by atoms with E-state index < -0.39 is 9.28 Å². The van der Waals surface area contributed by atoms with Crippen molar-refractivity contribution in [2.45, 2.75) is 39.3 Å². The summed E-state index contributed by atoms with van der Waals surface area (Å²) >= 11 is 0. The second kappa shape index (κ2) is 10.5. The van der Waals surface area contributed by atoms with Gasteiger partial charge in [-0.3, -0.25) is 4.79 Å². The number of carbonyl (C=O) groups excluding carboxylic acids is 1. The van der Waals surface area contributed by atoms with Gasteiger partial charge in [0, 0.05) is 20.1 Å². The summed E-state index contributed by atoms with van der Waals surface area (Å²) < 4.78 is 21.3. The molecule has 0 bridgehead atoms. The van der Waals surface area contributed by atoms with Crippen LogP contribution in [0.4, 0.5) is 0 Å². The molecule has 0 radical (unpaired) electrons. The van der Waals surface area contributed by atoms with E-state index in [4.69, 9.17) is 18.3 Å². The van der Waals surface area contributed by atoms with Gasteiger partial charge in [-0.05, 0) is 6.04 Å². The van der Waals surface area contributed by atoms with Crippen LogP contribution in [0.15, 0.2) is 0 Å². The molecule has 0 saturated carbocycles. The SMILES string of the molecule is CCC[SiH](OCC(COC)OC)OC(=O)C(C)C. The summed E-state index contributed by atoms with van der Waals surface area (Å²) in [4.78, 5) is 11.5. The van der Waals surface area contributed by atoms with E-state index in [0.717, 1.165) is 12.5 Å². The molecule has 0 aromatic heterocycles. The summed E-state index contributed by atoms with van der Waals surface area (Å²) in [5.74, 6) is -0.293. The fourth-order valence-electron chi connectivity index (χ4n) is 1.26. The van der Waals surface area contributed by atoms with E-state index in [-0.39, 0.29) is 18.0 Å². The van der Waals surface area contributed by atoms with Crippen molar-refractivity contribution < 1.29 is 23.1 Å². The van der Waals surface area contributed by atoms with Gasteiger partial charge < -0.3 is 18.3 Å². The van der Waals surface area contributed by atoms with Crippen LogP contribution in [0.1, 0.15) is 27.2 Å². The van der Waals surface area contributed by atoms with E-state index in [1.54, 1.807) is 14.2 Å². The van der Waals surface area contributed by atoms with E-state index in [1.807, 2.05) is 13.8 Å². The summed E-state index contributed by atoms with van der Waals surface area (Å²) in [5, 5.41) is 0. The first-order valence-electron chi connectivity index (χ1n) is 6.38. The smallest absolute Gasteiger partial charge is 0.385 e. The third-order valence-electron chi connectivity index (χ3n) is 2.40. The second-order valence-electron chi connectivity index (χ2n) is 4.46. The van der Waals surface area contributed by atoms with Crippen molar-refractivity contribution in [2.75, 3.05) is 27.4 Å². The Labute approximate surface area is 112 Å². The Morgan fingerprint density at radius 3 is 2.33 bits per heavy atom. The van der Waals surface area contributed by atoms with E-state index in [1.165, 1.54) is 0 Å². The van der Waals surface area contributed by atoms with Gasteiger partial charge in [0.25, 0.3) is 5.97 Å². The van der Waals surface area contributed by atoms with Crippen LogP contribution in [0, 0.1) is 5.92 Å². The minimum Gasteiger partial charge on any atom is -0.496 e. The molecule has 0 amide bonds. The predicted octanol–water partition coefficient (Wildman–Crippen LogP) is 1.49. The van der Waals surface area contributed by atoms with Crippen LogP contribution >= 0.6 is 0 Å². The molecule has 0 aliphatic heterocycles. The largest absolute Gasteiger partial charge is 0.496 e. The maximum atomic E-state index is 11.5. The van der Waals surface area contributed by atoms with Gasteiger partial charge in [-0.25, -0.2) is 0 Å². The van der Waals surface area contributed by atoms with Crippen molar-refractivity contribution in [3.05, 3.63) is 0 Å². The number of rotatable bonds is 10. The first kappa shape index (κ1) is 17.6. The Morgan fingerprint density at radius 2 is 1.89 bits per heavy atom. The monoisotopic (exact) mass is 278 g/mol.